The molecule has 2 fully saturated rings. The van der Waals surface area contributed by atoms with Gasteiger partial charge in [0.25, 0.3) is 11.8 Å². The minimum Gasteiger partial charge on any atom is -0.460 e. The summed E-state index contributed by atoms with van der Waals surface area (Å²) in [5.74, 6) is -4.14. The van der Waals surface area contributed by atoms with Gasteiger partial charge in [0, 0.05) is 54.4 Å². The van der Waals surface area contributed by atoms with Gasteiger partial charge in [-0.2, -0.15) is 0 Å². The quantitative estimate of drug-likeness (QED) is 0.271. The van der Waals surface area contributed by atoms with E-state index in [1.54, 1.807) is 30.3 Å². The number of likely N-dealkylation sites (tertiary alicyclic amines) is 1. The average Bonchev–Trinajstić information content (AvgIpc) is 3.59. The first kappa shape index (κ1) is 26.1. The molecule has 2 heterocycles. The largest absolute Gasteiger partial charge is 0.460 e. The van der Waals surface area contributed by atoms with Crippen LogP contribution in [0.3, 0.4) is 0 Å². The van der Waals surface area contributed by atoms with Gasteiger partial charge in [-0.25, -0.2) is 17.6 Å². The van der Waals surface area contributed by atoms with Crippen molar-refractivity contribution in [2.24, 2.45) is 11.1 Å². The number of fused-ring (bicyclic) bond motifs is 1. The fraction of sp³-hybridized carbons (Fsp3) is 0.290. The number of benzene rings is 3. The number of primary amides is 1. The van der Waals surface area contributed by atoms with Gasteiger partial charge in [0.1, 0.15) is 23.0 Å². The van der Waals surface area contributed by atoms with E-state index in [0.717, 1.165) is 6.07 Å². The van der Waals surface area contributed by atoms with Crippen molar-refractivity contribution in [1.82, 2.24) is 4.90 Å². The van der Waals surface area contributed by atoms with Crippen molar-refractivity contribution in [2.75, 3.05) is 13.1 Å². The summed E-state index contributed by atoms with van der Waals surface area (Å²) in [4.78, 5) is 26.1. The highest BCUT2D eigenvalue weighted by atomic mass is 19.3. The Hall–Kier alpha value is -4.14. The van der Waals surface area contributed by atoms with E-state index in [1.165, 1.54) is 29.2 Å². The lowest BCUT2D eigenvalue weighted by Gasteiger charge is -2.31. The molecule has 2 amide bonds. The van der Waals surface area contributed by atoms with E-state index in [2.05, 4.69) is 0 Å². The second kappa shape index (κ2) is 9.50. The van der Waals surface area contributed by atoms with Crippen molar-refractivity contribution in [3.05, 3.63) is 83.6 Å². The molecule has 0 unspecified atom stereocenters. The molecule has 1 aromatic heterocycles. The van der Waals surface area contributed by atoms with Crippen LogP contribution in [0.25, 0.3) is 33.2 Å². The lowest BCUT2D eigenvalue weighted by molar-refractivity contribution is -0.123. The zero-order chi connectivity index (χ0) is 28.2. The molecule has 0 spiro atoms. The van der Waals surface area contributed by atoms with Crippen LogP contribution in [-0.4, -0.2) is 35.7 Å². The number of carbonyl (C=O) groups excluding carboxylic acids is 2. The predicted octanol–water partition coefficient (Wildman–Crippen LogP) is 6.72. The molecule has 6 rings (SSSR count). The fourth-order valence-electron chi connectivity index (χ4n) is 5.39. The summed E-state index contributed by atoms with van der Waals surface area (Å²) in [5, 5.41) is 0.667. The molecule has 5 nitrogen and oxygen atoms in total. The zero-order valence-electron chi connectivity index (χ0n) is 21.5. The number of rotatable bonds is 6. The topological polar surface area (TPSA) is 76.5 Å². The zero-order valence-corrected chi connectivity index (χ0v) is 21.5. The highest BCUT2D eigenvalue weighted by molar-refractivity contribution is 5.98. The van der Waals surface area contributed by atoms with Crippen molar-refractivity contribution < 1.29 is 31.6 Å². The number of halogens is 4. The first-order valence-corrected chi connectivity index (χ1v) is 13.1. The monoisotopic (exact) mass is 550 g/mol. The standard InChI is InChI=1S/C31H26F4N2O3/c32-22-4-1-18(2-5-22)25-15-20(13-21-14-23(40-27(21)25)17-30(7-8-30)29(36)39)24-6-3-19(16-26(24)33)28(38)37-11-9-31(34,35)10-12-37/h1-6,13-16H,7-12,17H2,(H2,36,39). The smallest absolute Gasteiger partial charge is 0.253 e. The Labute approximate surface area is 227 Å². The Bertz CT molecular complexity index is 1630. The highest BCUT2D eigenvalue weighted by Crippen LogP contribution is 2.49. The van der Waals surface area contributed by atoms with E-state index in [-0.39, 0.29) is 30.1 Å². The first-order chi connectivity index (χ1) is 19.0. The maximum absolute atomic E-state index is 15.5. The molecule has 0 bridgehead atoms. The van der Waals surface area contributed by atoms with E-state index in [4.69, 9.17) is 10.2 Å². The van der Waals surface area contributed by atoms with Gasteiger partial charge >= 0.3 is 0 Å². The molecule has 206 valence electrons. The number of furan rings is 1. The molecule has 2 aliphatic rings. The minimum atomic E-state index is -2.79. The normalized spacial score (nSPS) is 17.6. The van der Waals surface area contributed by atoms with Gasteiger partial charge in [0.05, 0.1) is 5.41 Å². The molecule has 1 saturated carbocycles. The molecule has 9 heteroatoms. The fourth-order valence-corrected chi connectivity index (χ4v) is 5.39. The lowest BCUT2D eigenvalue weighted by Crippen LogP contribution is -2.42. The van der Waals surface area contributed by atoms with E-state index >= 15 is 4.39 Å². The molecule has 0 atom stereocenters. The Morgan fingerprint density at radius 3 is 2.17 bits per heavy atom. The maximum Gasteiger partial charge on any atom is 0.253 e. The van der Waals surface area contributed by atoms with Crippen molar-refractivity contribution in [3.63, 3.8) is 0 Å². The summed E-state index contributed by atoms with van der Waals surface area (Å²) in [6.45, 7) is -0.181. The Morgan fingerprint density at radius 1 is 0.850 bits per heavy atom. The summed E-state index contributed by atoms with van der Waals surface area (Å²) >= 11 is 0. The van der Waals surface area contributed by atoms with Crippen LogP contribution in [0.15, 0.2) is 65.1 Å². The Kier molecular flexibility index (Phi) is 6.20. The second-order valence-corrected chi connectivity index (χ2v) is 10.8. The molecule has 2 N–H and O–H groups in total. The van der Waals surface area contributed by atoms with Crippen molar-refractivity contribution in [2.45, 2.75) is 38.0 Å². The van der Waals surface area contributed by atoms with Gasteiger partial charge in [-0.3, -0.25) is 9.59 Å². The van der Waals surface area contributed by atoms with Gasteiger partial charge in [-0.05, 0) is 66.4 Å². The predicted molar refractivity (Wildman–Crippen MR) is 142 cm³/mol. The minimum absolute atomic E-state index is 0.0816. The summed E-state index contributed by atoms with van der Waals surface area (Å²) in [6.07, 6.45) is 0.886. The molecule has 1 saturated heterocycles. The molecule has 40 heavy (non-hydrogen) atoms. The number of hydrogen-bond donors (Lipinski definition) is 1. The number of nitrogens with zero attached hydrogens (tertiary/aromatic N) is 1. The molecule has 4 aromatic rings. The number of piperidine rings is 1. The average molecular weight is 551 g/mol. The third kappa shape index (κ3) is 4.85. The van der Waals surface area contributed by atoms with Crippen LogP contribution in [-0.2, 0) is 11.2 Å². The number of hydrogen-bond acceptors (Lipinski definition) is 3. The van der Waals surface area contributed by atoms with Crippen LogP contribution in [0.4, 0.5) is 17.6 Å². The lowest BCUT2D eigenvalue weighted by atomic mass is 9.95. The number of carbonyl (C=O) groups is 2. The number of nitrogens with two attached hydrogens (primary N) is 1. The van der Waals surface area contributed by atoms with E-state index < -0.39 is 41.7 Å². The van der Waals surface area contributed by atoms with E-state index in [9.17, 15) is 22.8 Å². The third-order valence-corrected chi connectivity index (χ3v) is 8.02. The van der Waals surface area contributed by atoms with Gasteiger partial charge in [0.15, 0.2) is 0 Å². The summed E-state index contributed by atoms with van der Waals surface area (Å²) in [6, 6.07) is 15.2. The van der Waals surface area contributed by atoms with Crippen LogP contribution in [0, 0.1) is 17.0 Å². The highest BCUT2D eigenvalue weighted by Gasteiger charge is 2.49. The van der Waals surface area contributed by atoms with E-state index in [1.807, 2.05) is 0 Å². The number of amides is 2. The summed E-state index contributed by atoms with van der Waals surface area (Å²) < 4.78 is 62.3. The molecule has 1 aliphatic heterocycles. The second-order valence-electron chi connectivity index (χ2n) is 10.8. The molecular formula is C31H26F4N2O3. The van der Waals surface area contributed by atoms with Crippen LogP contribution in [0.2, 0.25) is 0 Å². The third-order valence-electron chi connectivity index (χ3n) is 8.02. The summed E-state index contributed by atoms with van der Waals surface area (Å²) in [7, 11) is 0. The van der Waals surface area contributed by atoms with Crippen LogP contribution >= 0.6 is 0 Å². The van der Waals surface area contributed by atoms with Crippen LogP contribution in [0.5, 0.6) is 0 Å². The van der Waals surface area contributed by atoms with Crippen molar-refractivity contribution >= 4 is 22.8 Å². The van der Waals surface area contributed by atoms with Gasteiger partial charge in [0.2, 0.25) is 5.91 Å². The van der Waals surface area contributed by atoms with Crippen LogP contribution < -0.4 is 5.73 Å². The van der Waals surface area contributed by atoms with Gasteiger partial charge in [-0.15, -0.1) is 0 Å². The Morgan fingerprint density at radius 2 is 1.55 bits per heavy atom. The summed E-state index contributed by atoms with van der Waals surface area (Å²) in [5.41, 5.74) is 7.57. The van der Waals surface area contributed by atoms with Gasteiger partial charge in [-0.1, -0.05) is 18.2 Å². The SMILES string of the molecule is NC(=O)C1(Cc2cc3cc(-c4ccc(C(=O)N5CCC(F)(F)CC5)cc4F)cc(-c4ccc(F)cc4)c3o2)CC1. The molecule has 1 aliphatic carbocycles. The molecular weight excluding hydrogens is 524 g/mol. The first-order valence-electron chi connectivity index (χ1n) is 13.1. The van der Waals surface area contributed by atoms with Gasteiger partial charge < -0.3 is 15.1 Å². The van der Waals surface area contributed by atoms with Crippen LogP contribution in [0.1, 0.15) is 41.8 Å². The van der Waals surface area contributed by atoms with Crippen molar-refractivity contribution in [3.8, 4) is 22.3 Å². The van der Waals surface area contributed by atoms with E-state index in [0.29, 0.717) is 52.7 Å². The molecule has 0 radical (unpaired) electrons. The maximum atomic E-state index is 15.5. The number of alkyl halides is 2. The van der Waals surface area contributed by atoms with Crippen molar-refractivity contribution in [1.29, 1.82) is 0 Å². The Balaban J connectivity index is 1.37. The molecule has 3 aromatic carbocycles.